The van der Waals surface area contributed by atoms with Crippen molar-refractivity contribution in [2.24, 2.45) is 5.73 Å². The fourth-order valence-corrected chi connectivity index (χ4v) is 4.09. The van der Waals surface area contributed by atoms with E-state index in [9.17, 15) is 8.42 Å². The molecule has 110 valence electrons. The second-order valence-electron chi connectivity index (χ2n) is 4.08. The lowest BCUT2D eigenvalue weighted by atomic mass is 10.2. The second-order valence-corrected chi connectivity index (χ2v) is 6.78. The number of terminal acetylenes is 1. The van der Waals surface area contributed by atoms with Crippen molar-refractivity contribution in [2.75, 3.05) is 13.1 Å². The smallest absolute Gasteiger partial charge is 0.245 e. The van der Waals surface area contributed by atoms with Gasteiger partial charge in [0.15, 0.2) is 0 Å². The molecule has 0 radical (unpaired) electrons. The summed E-state index contributed by atoms with van der Waals surface area (Å²) in [6, 6.07) is 2.85. The van der Waals surface area contributed by atoms with Gasteiger partial charge in [0, 0.05) is 23.7 Å². The molecule has 2 N–H and O–H groups in total. The van der Waals surface area contributed by atoms with Gasteiger partial charge in [-0.15, -0.1) is 6.42 Å². The third-order valence-corrected chi connectivity index (χ3v) is 5.50. The highest BCUT2D eigenvalue weighted by atomic mass is 35.5. The zero-order valence-corrected chi connectivity index (χ0v) is 13.4. The SMILES string of the molecule is C#CCN(CCC)S(=O)(=O)c1ccc(Cl)c(CN)c1Cl. The van der Waals surface area contributed by atoms with Crippen LogP contribution >= 0.6 is 23.2 Å². The highest BCUT2D eigenvalue weighted by Gasteiger charge is 2.27. The quantitative estimate of drug-likeness (QED) is 0.813. The number of hydrogen-bond donors (Lipinski definition) is 1. The summed E-state index contributed by atoms with van der Waals surface area (Å²) in [6.07, 6.45) is 5.87. The summed E-state index contributed by atoms with van der Waals surface area (Å²) in [5.74, 6) is 2.34. The van der Waals surface area contributed by atoms with E-state index in [4.69, 9.17) is 35.4 Å². The van der Waals surface area contributed by atoms with Crippen molar-refractivity contribution >= 4 is 33.2 Å². The van der Waals surface area contributed by atoms with E-state index in [1.807, 2.05) is 6.92 Å². The second kappa shape index (κ2) is 7.30. The number of halogens is 2. The summed E-state index contributed by atoms with van der Waals surface area (Å²) in [7, 11) is -3.76. The van der Waals surface area contributed by atoms with E-state index in [1.54, 1.807) is 0 Å². The first kappa shape index (κ1) is 17.3. The molecule has 4 nitrogen and oxygen atoms in total. The molecule has 0 saturated carbocycles. The Morgan fingerprint density at radius 1 is 1.40 bits per heavy atom. The van der Waals surface area contributed by atoms with Crippen molar-refractivity contribution < 1.29 is 8.42 Å². The van der Waals surface area contributed by atoms with Gasteiger partial charge in [0.05, 0.1) is 11.6 Å². The van der Waals surface area contributed by atoms with Crippen LogP contribution in [-0.4, -0.2) is 25.8 Å². The summed E-state index contributed by atoms with van der Waals surface area (Å²) in [4.78, 5) is -0.0206. The van der Waals surface area contributed by atoms with Crippen LogP contribution in [0.2, 0.25) is 10.0 Å². The Morgan fingerprint density at radius 2 is 2.05 bits per heavy atom. The van der Waals surface area contributed by atoms with Gasteiger partial charge in [-0.05, 0) is 18.6 Å². The van der Waals surface area contributed by atoms with Crippen LogP contribution in [0.1, 0.15) is 18.9 Å². The van der Waals surface area contributed by atoms with Crippen LogP contribution in [0.25, 0.3) is 0 Å². The summed E-state index contributed by atoms with van der Waals surface area (Å²) >= 11 is 12.1. The van der Waals surface area contributed by atoms with Gasteiger partial charge in [0.2, 0.25) is 10.0 Å². The van der Waals surface area contributed by atoms with Crippen LogP contribution in [0.4, 0.5) is 0 Å². The van der Waals surface area contributed by atoms with Crippen LogP contribution in [-0.2, 0) is 16.6 Å². The lowest BCUT2D eigenvalue weighted by Gasteiger charge is -2.20. The largest absolute Gasteiger partial charge is 0.326 e. The first-order valence-electron chi connectivity index (χ1n) is 6.00. The summed E-state index contributed by atoms with van der Waals surface area (Å²) in [5.41, 5.74) is 5.96. The summed E-state index contributed by atoms with van der Waals surface area (Å²) in [6.45, 7) is 2.24. The molecule has 1 aromatic carbocycles. The van der Waals surface area contributed by atoms with Crippen molar-refractivity contribution in [1.29, 1.82) is 0 Å². The third-order valence-electron chi connectivity index (χ3n) is 2.71. The van der Waals surface area contributed by atoms with Gasteiger partial charge < -0.3 is 5.73 Å². The standard InChI is InChI=1S/C13H16Cl2N2O2S/c1-3-7-17(8-4-2)20(18,19)12-6-5-11(14)10(9-16)13(12)15/h1,5-6H,4,7-9,16H2,2H3. The van der Waals surface area contributed by atoms with Gasteiger partial charge in [-0.1, -0.05) is 36.0 Å². The van der Waals surface area contributed by atoms with E-state index in [0.29, 0.717) is 23.6 Å². The van der Waals surface area contributed by atoms with E-state index in [-0.39, 0.29) is 23.0 Å². The Kier molecular flexibility index (Phi) is 6.31. The average Bonchev–Trinajstić information content (AvgIpc) is 2.38. The average molecular weight is 335 g/mol. The highest BCUT2D eigenvalue weighted by Crippen LogP contribution is 2.32. The van der Waals surface area contributed by atoms with E-state index in [0.717, 1.165) is 0 Å². The zero-order valence-electron chi connectivity index (χ0n) is 11.1. The number of nitrogens with zero attached hydrogens (tertiary/aromatic N) is 1. The fourth-order valence-electron chi connectivity index (χ4n) is 1.74. The van der Waals surface area contributed by atoms with Gasteiger partial charge in [0.1, 0.15) is 4.90 Å². The molecule has 20 heavy (non-hydrogen) atoms. The number of nitrogens with two attached hydrogens (primary N) is 1. The monoisotopic (exact) mass is 334 g/mol. The molecular formula is C13H16Cl2N2O2S. The number of sulfonamides is 1. The van der Waals surface area contributed by atoms with Crippen LogP contribution < -0.4 is 5.73 Å². The van der Waals surface area contributed by atoms with Gasteiger partial charge in [-0.25, -0.2) is 8.42 Å². The Balaban J connectivity index is 3.38. The molecule has 0 heterocycles. The molecule has 7 heteroatoms. The van der Waals surface area contributed by atoms with Crippen molar-refractivity contribution in [1.82, 2.24) is 4.31 Å². The van der Waals surface area contributed by atoms with Crippen molar-refractivity contribution in [3.8, 4) is 12.3 Å². The molecule has 0 spiro atoms. The Hall–Kier alpha value is -0.770. The minimum Gasteiger partial charge on any atom is -0.326 e. The first-order valence-corrected chi connectivity index (χ1v) is 8.20. The van der Waals surface area contributed by atoms with Crippen LogP contribution in [0.3, 0.4) is 0 Å². The maximum absolute atomic E-state index is 12.6. The number of rotatable bonds is 6. The Bertz CT molecular complexity index is 624. The molecular weight excluding hydrogens is 319 g/mol. The number of benzene rings is 1. The zero-order chi connectivity index (χ0) is 15.3. The van der Waals surface area contributed by atoms with Gasteiger partial charge >= 0.3 is 0 Å². The van der Waals surface area contributed by atoms with E-state index in [2.05, 4.69) is 5.92 Å². The molecule has 0 atom stereocenters. The Morgan fingerprint density at radius 3 is 2.55 bits per heavy atom. The highest BCUT2D eigenvalue weighted by molar-refractivity contribution is 7.89. The molecule has 0 bridgehead atoms. The van der Waals surface area contributed by atoms with E-state index in [1.165, 1.54) is 16.4 Å². The molecule has 0 aliphatic rings. The molecule has 0 fully saturated rings. The molecule has 0 saturated heterocycles. The van der Waals surface area contributed by atoms with Crippen LogP contribution in [0.15, 0.2) is 17.0 Å². The molecule has 0 aromatic heterocycles. The van der Waals surface area contributed by atoms with Crippen molar-refractivity contribution in [2.45, 2.75) is 24.8 Å². The predicted octanol–water partition coefficient (Wildman–Crippen LogP) is 2.49. The van der Waals surface area contributed by atoms with Gasteiger partial charge in [-0.2, -0.15) is 4.31 Å². The fraction of sp³-hybridized carbons (Fsp3) is 0.385. The first-order chi connectivity index (χ1) is 9.39. The minimum absolute atomic E-state index is 0.00686. The molecule has 0 unspecified atom stereocenters. The van der Waals surface area contributed by atoms with Gasteiger partial charge in [-0.3, -0.25) is 0 Å². The maximum atomic E-state index is 12.6. The molecule has 1 rings (SSSR count). The molecule has 0 amide bonds. The molecule has 0 aliphatic carbocycles. The molecule has 1 aromatic rings. The lowest BCUT2D eigenvalue weighted by molar-refractivity contribution is 0.445. The normalized spacial score (nSPS) is 11.6. The lowest BCUT2D eigenvalue weighted by Crippen LogP contribution is -2.32. The van der Waals surface area contributed by atoms with Crippen LogP contribution in [0.5, 0.6) is 0 Å². The maximum Gasteiger partial charge on any atom is 0.245 e. The minimum atomic E-state index is -3.76. The Labute approximate surface area is 129 Å². The van der Waals surface area contributed by atoms with Gasteiger partial charge in [0.25, 0.3) is 0 Å². The molecule has 0 aliphatic heterocycles. The van der Waals surface area contributed by atoms with E-state index < -0.39 is 10.0 Å². The number of hydrogen-bond acceptors (Lipinski definition) is 3. The van der Waals surface area contributed by atoms with Crippen molar-refractivity contribution in [3.63, 3.8) is 0 Å². The topological polar surface area (TPSA) is 63.4 Å². The summed E-state index contributed by atoms with van der Waals surface area (Å²) < 4.78 is 26.4. The summed E-state index contributed by atoms with van der Waals surface area (Å²) in [5, 5.41) is 0.397. The predicted molar refractivity (Wildman–Crippen MR) is 82.2 cm³/mol. The van der Waals surface area contributed by atoms with Crippen LogP contribution in [0, 0.1) is 12.3 Å². The third kappa shape index (κ3) is 3.46. The van der Waals surface area contributed by atoms with Crippen molar-refractivity contribution in [3.05, 3.63) is 27.7 Å². The van der Waals surface area contributed by atoms with E-state index >= 15 is 0 Å².